The van der Waals surface area contributed by atoms with Crippen LogP contribution in [0.2, 0.25) is 5.02 Å². The molecule has 0 spiro atoms. The zero-order chi connectivity index (χ0) is 15.6. The Labute approximate surface area is 140 Å². The predicted octanol–water partition coefficient (Wildman–Crippen LogP) is 4.21. The molecule has 1 N–H and O–H groups in total. The minimum absolute atomic E-state index is 0.0453. The normalized spacial score (nSPS) is 17.6. The highest BCUT2D eigenvalue weighted by Gasteiger charge is 2.34. The first-order valence-corrected chi connectivity index (χ1v) is 8.80. The molecule has 0 unspecified atom stereocenters. The molecule has 0 aliphatic carbocycles. The van der Waals surface area contributed by atoms with Crippen LogP contribution >= 0.6 is 22.9 Å². The average Bonchev–Trinajstić information content (AvgIpc) is 2.85. The molecule has 118 valence electrons. The third-order valence-corrected chi connectivity index (χ3v) is 5.72. The minimum Gasteiger partial charge on any atom is -0.381 e. The van der Waals surface area contributed by atoms with Crippen molar-refractivity contribution in [2.24, 2.45) is 0 Å². The van der Waals surface area contributed by atoms with Crippen LogP contribution in [-0.2, 0) is 16.8 Å². The molecule has 3 nitrogen and oxygen atoms in total. The van der Waals surface area contributed by atoms with Crippen molar-refractivity contribution in [3.8, 4) is 0 Å². The number of thiazole rings is 1. The number of rotatable bonds is 4. The SMILES string of the molecule is Cc1nc(CNC2(c3ccc(Cl)cc3)CCOCC2)sc1C. The summed E-state index contributed by atoms with van der Waals surface area (Å²) in [4.78, 5) is 5.93. The zero-order valence-electron chi connectivity index (χ0n) is 13.0. The lowest BCUT2D eigenvalue weighted by Gasteiger charge is -2.38. The van der Waals surface area contributed by atoms with Crippen LogP contribution in [0, 0.1) is 13.8 Å². The maximum Gasteiger partial charge on any atom is 0.107 e. The van der Waals surface area contributed by atoms with Gasteiger partial charge in [-0.3, -0.25) is 0 Å². The van der Waals surface area contributed by atoms with Gasteiger partial charge in [-0.2, -0.15) is 0 Å². The van der Waals surface area contributed by atoms with Crippen LogP contribution in [0.3, 0.4) is 0 Å². The molecular formula is C17H21ClN2OS. The monoisotopic (exact) mass is 336 g/mol. The van der Waals surface area contributed by atoms with Gasteiger partial charge >= 0.3 is 0 Å². The molecule has 1 aromatic carbocycles. The molecule has 1 aromatic heterocycles. The summed E-state index contributed by atoms with van der Waals surface area (Å²) in [6.07, 6.45) is 1.94. The highest BCUT2D eigenvalue weighted by molar-refractivity contribution is 7.11. The lowest BCUT2D eigenvalue weighted by molar-refractivity contribution is 0.0358. The highest BCUT2D eigenvalue weighted by atomic mass is 35.5. The van der Waals surface area contributed by atoms with Crippen LogP contribution in [0.4, 0.5) is 0 Å². The third-order valence-electron chi connectivity index (χ3n) is 4.39. The molecule has 0 saturated carbocycles. The summed E-state index contributed by atoms with van der Waals surface area (Å²) in [5.74, 6) is 0. The number of ether oxygens (including phenoxy) is 1. The Morgan fingerprint density at radius 2 is 1.91 bits per heavy atom. The van der Waals surface area contributed by atoms with E-state index in [1.165, 1.54) is 10.4 Å². The first kappa shape index (κ1) is 15.9. The molecule has 1 saturated heterocycles. The van der Waals surface area contributed by atoms with E-state index in [1.54, 1.807) is 11.3 Å². The molecule has 1 aliphatic rings. The maximum absolute atomic E-state index is 6.04. The molecule has 0 bridgehead atoms. The molecule has 1 fully saturated rings. The van der Waals surface area contributed by atoms with E-state index in [0.29, 0.717) is 0 Å². The van der Waals surface area contributed by atoms with E-state index in [2.05, 4.69) is 36.3 Å². The lowest BCUT2D eigenvalue weighted by Crippen LogP contribution is -2.46. The van der Waals surface area contributed by atoms with E-state index in [1.807, 2.05) is 12.1 Å². The lowest BCUT2D eigenvalue weighted by atomic mass is 9.82. The topological polar surface area (TPSA) is 34.2 Å². The van der Waals surface area contributed by atoms with E-state index in [-0.39, 0.29) is 5.54 Å². The first-order valence-electron chi connectivity index (χ1n) is 7.61. The van der Waals surface area contributed by atoms with E-state index >= 15 is 0 Å². The Hall–Kier alpha value is -0.940. The van der Waals surface area contributed by atoms with Crippen LogP contribution in [0.1, 0.15) is 34.0 Å². The molecular weight excluding hydrogens is 316 g/mol. The van der Waals surface area contributed by atoms with Crippen LogP contribution in [0.5, 0.6) is 0 Å². The molecule has 5 heteroatoms. The molecule has 3 rings (SSSR count). The molecule has 0 amide bonds. The fourth-order valence-electron chi connectivity index (χ4n) is 2.92. The van der Waals surface area contributed by atoms with Gasteiger partial charge in [-0.15, -0.1) is 11.3 Å². The summed E-state index contributed by atoms with van der Waals surface area (Å²) in [5.41, 5.74) is 2.37. The van der Waals surface area contributed by atoms with Gasteiger partial charge < -0.3 is 10.1 Å². The summed E-state index contributed by atoms with van der Waals surface area (Å²) >= 11 is 7.81. The second-order valence-corrected chi connectivity index (χ2v) is 7.53. The third kappa shape index (κ3) is 3.35. The van der Waals surface area contributed by atoms with E-state index in [0.717, 1.165) is 48.3 Å². The van der Waals surface area contributed by atoms with Crippen molar-refractivity contribution >= 4 is 22.9 Å². The average molecular weight is 337 g/mol. The van der Waals surface area contributed by atoms with E-state index in [9.17, 15) is 0 Å². The van der Waals surface area contributed by atoms with Crippen molar-refractivity contribution in [3.05, 3.63) is 50.4 Å². The Bertz CT molecular complexity index is 613. The number of hydrogen-bond donors (Lipinski definition) is 1. The summed E-state index contributed by atoms with van der Waals surface area (Å²) in [7, 11) is 0. The number of nitrogens with zero attached hydrogens (tertiary/aromatic N) is 1. The van der Waals surface area contributed by atoms with Gasteiger partial charge in [0.2, 0.25) is 0 Å². The van der Waals surface area contributed by atoms with Gasteiger partial charge in [-0.1, -0.05) is 23.7 Å². The van der Waals surface area contributed by atoms with Crippen molar-refractivity contribution in [3.63, 3.8) is 0 Å². The summed E-state index contributed by atoms with van der Waals surface area (Å²) in [6, 6.07) is 8.18. The van der Waals surface area contributed by atoms with Crippen LogP contribution < -0.4 is 5.32 Å². The van der Waals surface area contributed by atoms with Gasteiger partial charge in [0.1, 0.15) is 5.01 Å². The minimum atomic E-state index is -0.0453. The fraction of sp³-hybridized carbons (Fsp3) is 0.471. The number of benzene rings is 1. The van der Waals surface area contributed by atoms with Crippen molar-refractivity contribution in [1.29, 1.82) is 0 Å². The smallest absolute Gasteiger partial charge is 0.107 e. The molecule has 2 heterocycles. The van der Waals surface area contributed by atoms with Crippen LogP contribution in [-0.4, -0.2) is 18.2 Å². The Balaban J connectivity index is 1.81. The summed E-state index contributed by atoms with van der Waals surface area (Å²) < 4.78 is 5.57. The number of nitrogens with one attached hydrogen (secondary N) is 1. The van der Waals surface area contributed by atoms with Gasteiger partial charge in [0, 0.05) is 35.2 Å². The van der Waals surface area contributed by atoms with Crippen LogP contribution in [0.25, 0.3) is 0 Å². The molecule has 2 aromatic rings. The van der Waals surface area contributed by atoms with Crippen molar-refractivity contribution in [2.45, 2.75) is 38.8 Å². The quantitative estimate of drug-likeness (QED) is 0.908. The molecule has 1 aliphatic heterocycles. The van der Waals surface area contributed by atoms with Crippen molar-refractivity contribution in [2.75, 3.05) is 13.2 Å². The van der Waals surface area contributed by atoms with Gasteiger partial charge in [-0.05, 0) is 44.4 Å². The van der Waals surface area contributed by atoms with Crippen molar-refractivity contribution in [1.82, 2.24) is 10.3 Å². The van der Waals surface area contributed by atoms with E-state index < -0.39 is 0 Å². The number of hydrogen-bond acceptors (Lipinski definition) is 4. The fourth-order valence-corrected chi connectivity index (χ4v) is 3.92. The van der Waals surface area contributed by atoms with Crippen molar-refractivity contribution < 1.29 is 4.74 Å². The molecule has 0 radical (unpaired) electrons. The number of aryl methyl sites for hydroxylation is 2. The zero-order valence-corrected chi connectivity index (χ0v) is 14.6. The highest BCUT2D eigenvalue weighted by Crippen LogP contribution is 2.33. The Kier molecular flexibility index (Phi) is 4.83. The van der Waals surface area contributed by atoms with Crippen LogP contribution in [0.15, 0.2) is 24.3 Å². The van der Waals surface area contributed by atoms with E-state index in [4.69, 9.17) is 16.3 Å². The van der Waals surface area contributed by atoms with Gasteiger partial charge in [0.25, 0.3) is 0 Å². The number of halogens is 1. The Morgan fingerprint density at radius 1 is 1.23 bits per heavy atom. The second kappa shape index (κ2) is 6.67. The van der Waals surface area contributed by atoms with Gasteiger partial charge in [0.05, 0.1) is 5.69 Å². The Morgan fingerprint density at radius 3 is 2.50 bits per heavy atom. The largest absolute Gasteiger partial charge is 0.381 e. The predicted molar refractivity (Wildman–Crippen MR) is 91.6 cm³/mol. The molecule has 22 heavy (non-hydrogen) atoms. The van der Waals surface area contributed by atoms with Gasteiger partial charge in [0.15, 0.2) is 0 Å². The standard InChI is InChI=1S/C17H21ClN2OS/c1-12-13(2)22-16(20-12)11-19-17(7-9-21-10-8-17)14-3-5-15(18)6-4-14/h3-6,19H,7-11H2,1-2H3. The second-order valence-electron chi connectivity index (χ2n) is 5.80. The number of aromatic nitrogens is 1. The first-order chi connectivity index (χ1) is 10.6. The molecule has 0 atom stereocenters. The summed E-state index contributed by atoms with van der Waals surface area (Å²) in [5, 5.41) is 5.68. The van der Waals surface area contributed by atoms with Gasteiger partial charge in [-0.25, -0.2) is 4.98 Å². The maximum atomic E-state index is 6.04. The summed E-state index contributed by atoms with van der Waals surface area (Å²) in [6.45, 7) is 6.55.